The number of carbonyl (C=O) groups excluding carboxylic acids is 1. The lowest BCUT2D eigenvalue weighted by molar-refractivity contribution is 0.0686. The van der Waals surface area contributed by atoms with Crippen molar-refractivity contribution in [1.82, 2.24) is 9.88 Å². The van der Waals surface area contributed by atoms with Gasteiger partial charge in [0.25, 0.3) is 0 Å². The first-order chi connectivity index (χ1) is 16.3. The molecule has 1 aromatic heterocycles. The maximum atomic E-state index is 12.2. The molecule has 0 radical (unpaired) electrons. The van der Waals surface area contributed by atoms with Gasteiger partial charge in [0.1, 0.15) is 11.5 Å². The third kappa shape index (κ3) is 4.50. The SMILES string of the molecule is CC(C)COC(=O)NC(=N)c1ccc2c(c1)c(Cc1cccc3ccccc13)c(C(=O)O)n2C. The molecule has 0 aliphatic carbocycles. The number of hydrogen-bond donors (Lipinski definition) is 3. The summed E-state index contributed by atoms with van der Waals surface area (Å²) in [7, 11) is 1.73. The largest absolute Gasteiger partial charge is 0.477 e. The Hall–Kier alpha value is -4.13. The highest BCUT2D eigenvalue weighted by Crippen LogP contribution is 2.31. The quantitative estimate of drug-likeness (QED) is 0.269. The lowest BCUT2D eigenvalue weighted by atomic mass is 9.96. The van der Waals surface area contributed by atoms with Crippen LogP contribution in [0, 0.1) is 11.3 Å². The normalized spacial score (nSPS) is 11.2. The van der Waals surface area contributed by atoms with Gasteiger partial charge in [-0.15, -0.1) is 0 Å². The van der Waals surface area contributed by atoms with Crippen molar-refractivity contribution >= 4 is 39.6 Å². The Bertz CT molecular complexity index is 1410. The lowest BCUT2D eigenvalue weighted by Crippen LogP contribution is -2.31. The van der Waals surface area contributed by atoms with E-state index < -0.39 is 12.1 Å². The van der Waals surface area contributed by atoms with Crippen molar-refractivity contribution in [2.24, 2.45) is 13.0 Å². The molecule has 0 atom stereocenters. The number of ether oxygens (including phenoxy) is 1. The van der Waals surface area contributed by atoms with E-state index in [-0.39, 0.29) is 24.1 Å². The molecule has 0 fully saturated rings. The molecule has 0 saturated heterocycles. The molecule has 174 valence electrons. The number of benzene rings is 3. The predicted molar refractivity (Wildman–Crippen MR) is 133 cm³/mol. The molecular weight excluding hydrogens is 430 g/mol. The van der Waals surface area contributed by atoms with Crippen LogP contribution in [-0.2, 0) is 18.2 Å². The standard InChI is InChI=1S/C27H27N3O4/c1-16(2)15-34-27(33)29-25(28)19-11-12-23-21(14-19)22(24(26(31)32)30(23)3)13-18-9-6-8-17-7-4-5-10-20(17)18/h4-12,14,16H,13,15H2,1-3H3,(H,31,32)(H2,28,29,33). The summed E-state index contributed by atoms with van der Waals surface area (Å²) >= 11 is 0. The highest BCUT2D eigenvalue weighted by atomic mass is 16.5. The van der Waals surface area contributed by atoms with Crippen molar-refractivity contribution in [2.75, 3.05) is 6.61 Å². The first kappa shape index (κ1) is 23.0. The highest BCUT2D eigenvalue weighted by Gasteiger charge is 2.22. The van der Waals surface area contributed by atoms with E-state index >= 15 is 0 Å². The van der Waals surface area contributed by atoms with Gasteiger partial charge in [-0.1, -0.05) is 56.3 Å². The molecule has 3 N–H and O–H groups in total. The lowest BCUT2D eigenvalue weighted by Gasteiger charge is -2.10. The zero-order chi connectivity index (χ0) is 24.4. The van der Waals surface area contributed by atoms with Gasteiger partial charge in [0, 0.05) is 29.9 Å². The van der Waals surface area contributed by atoms with Crippen molar-refractivity contribution < 1.29 is 19.4 Å². The summed E-state index contributed by atoms with van der Waals surface area (Å²) in [4.78, 5) is 24.2. The van der Waals surface area contributed by atoms with Gasteiger partial charge in [-0.3, -0.25) is 10.7 Å². The fourth-order valence-corrected chi connectivity index (χ4v) is 4.22. The Morgan fingerprint density at radius 3 is 2.53 bits per heavy atom. The number of nitrogens with one attached hydrogen (secondary N) is 2. The number of aromatic nitrogens is 1. The second kappa shape index (κ2) is 9.39. The molecule has 1 heterocycles. The number of aryl methyl sites for hydroxylation is 1. The fraction of sp³-hybridized carbons (Fsp3) is 0.222. The first-order valence-electron chi connectivity index (χ1n) is 11.1. The van der Waals surface area contributed by atoms with E-state index in [1.807, 2.05) is 56.3 Å². The van der Waals surface area contributed by atoms with Gasteiger partial charge in [0.15, 0.2) is 0 Å². The van der Waals surface area contributed by atoms with Gasteiger partial charge in [-0.2, -0.15) is 0 Å². The fourth-order valence-electron chi connectivity index (χ4n) is 4.22. The van der Waals surface area contributed by atoms with Crippen molar-refractivity contribution in [3.05, 3.63) is 83.0 Å². The van der Waals surface area contributed by atoms with Crippen LogP contribution in [0.4, 0.5) is 4.79 Å². The van der Waals surface area contributed by atoms with E-state index in [9.17, 15) is 14.7 Å². The van der Waals surface area contributed by atoms with Crippen LogP contribution in [0.2, 0.25) is 0 Å². The molecule has 0 unspecified atom stereocenters. The Kier molecular flexibility index (Phi) is 6.36. The average Bonchev–Trinajstić information content (AvgIpc) is 3.09. The Morgan fingerprint density at radius 1 is 1.06 bits per heavy atom. The van der Waals surface area contributed by atoms with E-state index in [0.29, 0.717) is 17.5 Å². The number of fused-ring (bicyclic) bond motifs is 2. The van der Waals surface area contributed by atoms with Gasteiger partial charge in [-0.05, 0) is 46.0 Å². The topological polar surface area (TPSA) is 104 Å². The summed E-state index contributed by atoms with van der Waals surface area (Å²) in [5, 5.41) is 23.7. The van der Waals surface area contributed by atoms with Crippen LogP contribution in [0.25, 0.3) is 21.7 Å². The van der Waals surface area contributed by atoms with E-state index in [1.54, 1.807) is 29.8 Å². The summed E-state index contributed by atoms with van der Waals surface area (Å²) < 4.78 is 6.77. The highest BCUT2D eigenvalue weighted by molar-refractivity contribution is 6.08. The number of rotatable bonds is 6. The summed E-state index contributed by atoms with van der Waals surface area (Å²) in [6.07, 6.45) is -0.268. The molecule has 3 aromatic carbocycles. The predicted octanol–water partition coefficient (Wildman–Crippen LogP) is 5.33. The number of aromatic carboxylic acids is 1. The summed E-state index contributed by atoms with van der Waals surface area (Å²) in [5.41, 5.74) is 3.10. The monoisotopic (exact) mass is 457 g/mol. The molecule has 4 rings (SSSR count). The maximum Gasteiger partial charge on any atom is 0.412 e. The second-order valence-electron chi connectivity index (χ2n) is 8.73. The van der Waals surface area contributed by atoms with Crippen LogP contribution in [0.1, 0.15) is 41.0 Å². The second-order valence-corrected chi connectivity index (χ2v) is 8.73. The summed E-state index contributed by atoms with van der Waals surface area (Å²) in [6, 6.07) is 19.2. The minimum Gasteiger partial charge on any atom is -0.477 e. The van der Waals surface area contributed by atoms with Gasteiger partial charge < -0.3 is 14.4 Å². The van der Waals surface area contributed by atoms with Crippen LogP contribution < -0.4 is 5.32 Å². The van der Waals surface area contributed by atoms with Gasteiger partial charge in [0.2, 0.25) is 0 Å². The molecule has 7 heteroatoms. The molecule has 0 bridgehead atoms. The number of amidine groups is 1. The van der Waals surface area contributed by atoms with E-state index in [1.165, 1.54) is 0 Å². The molecule has 0 spiro atoms. The molecule has 1 amide bonds. The van der Waals surface area contributed by atoms with Crippen molar-refractivity contribution in [1.29, 1.82) is 5.41 Å². The summed E-state index contributed by atoms with van der Waals surface area (Å²) in [5.74, 6) is -0.930. The number of carboxylic acid groups (broad SMARTS) is 1. The number of amides is 1. The minimum absolute atomic E-state index is 0.104. The maximum absolute atomic E-state index is 12.2. The average molecular weight is 458 g/mol. The van der Waals surface area contributed by atoms with Crippen molar-refractivity contribution in [3.8, 4) is 0 Å². The first-order valence-corrected chi connectivity index (χ1v) is 11.1. The van der Waals surface area contributed by atoms with Crippen LogP contribution in [-0.4, -0.2) is 34.2 Å². The number of carboxylic acids is 1. The van der Waals surface area contributed by atoms with Gasteiger partial charge in [-0.25, -0.2) is 9.59 Å². The Labute approximate surface area is 197 Å². The zero-order valence-corrected chi connectivity index (χ0v) is 19.4. The minimum atomic E-state index is -1.01. The molecule has 34 heavy (non-hydrogen) atoms. The Balaban J connectivity index is 1.76. The van der Waals surface area contributed by atoms with Crippen molar-refractivity contribution in [3.63, 3.8) is 0 Å². The van der Waals surface area contributed by atoms with Crippen molar-refractivity contribution in [2.45, 2.75) is 20.3 Å². The van der Waals surface area contributed by atoms with E-state index in [2.05, 4.69) is 5.32 Å². The zero-order valence-electron chi connectivity index (χ0n) is 19.4. The molecule has 0 saturated carbocycles. The molecular formula is C27H27N3O4. The van der Waals surface area contributed by atoms with Crippen LogP contribution in [0.3, 0.4) is 0 Å². The van der Waals surface area contributed by atoms with Gasteiger partial charge in [0.05, 0.1) is 6.61 Å². The Morgan fingerprint density at radius 2 is 1.79 bits per heavy atom. The molecule has 4 aromatic rings. The number of alkyl carbamates (subject to hydrolysis) is 1. The van der Waals surface area contributed by atoms with Crippen LogP contribution >= 0.6 is 0 Å². The summed E-state index contributed by atoms with van der Waals surface area (Å²) in [6.45, 7) is 4.12. The van der Waals surface area contributed by atoms with Crippen LogP contribution in [0.15, 0.2) is 60.7 Å². The van der Waals surface area contributed by atoms with Gasteiger partial charge >= 0.3 is 12.1 Å². The van der Waals surface area contributed by atoms with E-state index in [4.69, 9.17) is 10.1 Å². The third-order valence-corrected chi connectivity index (χ3v) is 5.82. The molecule has 7 nitrogen and oxygen atoms in total. The third-order valence-electron chi connectivity index (χ3n) is 5.82. The molecule has 0 aliphatic rings. The number of hydrogen-bond acceptors (Lipinski definition) is 4. The number of nitrogens with zero attached hydrogens (tertiary/aromatic N) is 1. The number of carbonyl (C=O) groups is 2. The smallest absolute Gasteiger partial charge is 0.412 e. The van der Waals surface area contributed by atoms with Crippen LogP contribution in [0.5, 0.6) is 0 Å². The molecule has 0 aliphatic heterocycles. The van der Waals surface area contributed by atoms with E-state index in [0.717, 1.165) is 27.2 Å².